The fourth-order valence-electron chi connectivity index (χ4n) is 1.79. The molecule has 1 aromatic carbocycles. The molecule has 2 aromatic rings. The molecule has 0 saturated carbocycles. The van der Waals surface area contributed by atoms with Crippen molar-refractivity contribution >= 4 is 23.2 Å². The van der Waals surface area contributed by atoms with E-state index in [1.54, 1.807) is 19.1 Å². The number of aromatic nitrogens is 1. The van der Waals surface area contributed by atoms with Crippen LogP contribution >= 0.6 is 11.6 Å². The molecule has 0 unspecified atom stereocenters. The average Bonchev–Trinajstić information content (AvgIpc) is 2.76. The Morgan fingerprint density at radius 3 is 2.60 bits per heavy atom. The summed E-state index contributed by atoms with van der Waals surface area (Å²) in [5, 5.41) is 3.47. The lowest BCUT2D eigenvalue weighted by atomic mass is 10.2. The predicted octanol–water partition coefficient (Wildman–Crippen LogP) is 4.32. The summed E-state index contributed by atoms with van der Waals surface area (Å²) in [6, 6.07) is 5.33. The van der Waals surface area contributed by atoms with E-state index < -0.39 is 0 Å². The van der Waals surface area contributed by atoms with E-state index in [0.29, 0.717) is 28.1 Å². The molecule has 0 fully saturated rings. The van der Waals surface area contributed by atoms with E-state index in [2.05, 4.69) is 10.3 Å². The first-order valence-corrected chi connectivity index (χ1v) is 6.81. The standard InChI is InChI=1S/C15H17ClN2O2/c1-8(2)15-18-13(10(4)20-15)14(19)17-11-5-6-12(16)9(3)7-11/h5-8H,1-4H3,(H,17,19). The molecule has 1 N–H and O–H groups in total. The fourth-order valence-corrected chi connectivity index (χ4v) is 1.90. The van der Waals surface area contributed by atoms with Gasteiger partial charge in [0.1, 0.15) is 5.76 Å². The topological polar surface area (TPSA) is 55.1 Å². The predicted molar refractivity (Wildman–Crippen MR) is 79.5 cm³/mol. The molecule has 5 heteroatoms. The van der Waals surface area contributed by atoms with Gasteiger partial charge in [-0.15, -0.1) is 0 Å². The van der Waals surface area contributed by atoms with Crippen molar-refractivity contribution in [1.82, 2.24) is 4.98 Å². The molecule has 20 heavy (non-hydrogen) atoms. The lowest BCUT2D eigenvalue weighted by Gasteiger charge is -2.05. The zero-order valence-electron chi connectivity index (χ0n) is 12.0. The van der Waals surface area contributed by atoms with Gasteiger partial charge in [-0.25, -0.2) is 4.98 Å². The summed E-state index contributed by atoms with van der Waals surface area (Å²) in [7, 11) is 0. The Morgan fingerprint density at radius 2 is 2.05 bits per heavy atom. The number of nitrogens with one attached hydrogen (secondary N) is 1. The van der Waals surface area contributed by atoms with Gasteiger partial charge >= 0.3 is 0 Å². The van der Waals surface area contributed by atoms with Gasteiger partial charge in [0.05, 0.1) is 0 Å². The quantitative estimate of drug-likeness (QED) is 0.916. The van der Waals surface area contributed by atoms with Crippen LogP contribution in [-0.2, 0) is 0 Å². The maximum Gasteiger partial charge on any atom is 0.277 e. The van der Waals surface area contributed by atoms with E-state index in [1.165, 1.54) is 0 Å². The van der Waals surface area contributed by atoms with Crippen molar-refractivity contribution in [2.24, 2.45) is 0 Å². The van der Waals surface area contributed by atoms with Crippen LogP contribution in [-0.4, -0.2) is 10.9 Å². The summed E-state index contributed by atoms with van der Waals surface area (Å²) in [4.78, 5) is 16.4. The molecule has 2 rings (SSSR count). The van der Waals surface area contributed by atoms with Crippen LogP contribution in [0.3, 0.4) is 0 Å². The van der Waals surface area contributed by atoms with Gasteiger partial charge in [0, 0.05) is 16.6 Å². The SMILES string of the molecule is Cc1cc(NC(=O)c2nc(C(C)C)oc2C)ccc1Cl. The first-order chi connectivity index (χ1) is 9.38. The molecule has 1 heterocycles. The van der Waals surface area contributed by atoms with Crippen LogP contribution in [0, 0.1) is 13.8 Å². The van der Waals surface area contributed by atoms with Gasteiger partial charge in [0.15, 0.2) is 11.6 Å². The molecule has 0 bridgehead atoms. The van der Waals surface area contributed by atoms with Gasteiger partial charge in [-0.2, -0.15) is 0 Å². The number of aryl methyl sites for hydroxylation is 2. The zero-order valence-corrected chi connectivity index (χ0v) is 12.7. The highest BCUT2D eigenvalue weighted by atomic mass is 35.5. The smallest absolute Gasteiger partial charge is 0.277 e. The van der Waals surface area contributed by atoms with Crippen LogP contribution in [0.1, 0.15) is 47.5 Å². The minimum absolute atomic E-state index is 0.146. The van der Waals surface area contributed by atoms with Crippen molar-refractivity contribution in [1.29, 1.82) is 0 Å². The van der Waals surface area contributed by atoms with Crippen LogP contribution in [0.5, 0.6) is 0 Å². The number of benzene rings is 1. The van der Waals surface area contributed by atoms with Crippen LogP contribution in [0.15, 0.2) is 22.6 Å². The molecule has 0 saturated heterocycles. The van der Waals surface area contributed by atoms with E-state index in [0.717, 1.165) is 5.56 Å². The Hall–Kier alpha value is -1.81. The lowest BCUT2D eigenvalue weighted by molar-refractivity contribution is 0.102. The maximum atomic E-state index is 12.2. The number of rotatable bonds is 3. The third-order valence-electron chi connectivity index (χ3n) is 2.94. The second kappa shape index (κ2) is 5.67. The van der Waals surface area contributed by atoms with Crippen LogP contribution in [0.4, 0.5) is 5.69 Å². The normalized spacial score (nSPS) is 10.9. The van der Waals surface area contributed by atoms with E-state index in [9.17, 15) is 4.79 Å². The minimum atomic E-state index is -0.278. The molecular weight excluding hydrogens is 276 g/mol. The third kappa shape index (κ3) is 3.02. The number of carbonyl (C=O) groups is 1. The molecule has 4 nitrogen and oxygen atoms in total. The molecule has 0 atom stereocenters. The molecule has 106 valence electrons. The number of oxazole rings is 1. The van der Waals surface area contributed by atoms with E-state index in [1.807, 2.05) is 26.8 Å². The molecule has 0 radical (unpaired) electrons. The summed E-state index contributed by atoms with van der Waals surface area (Å²) in [5.41, 5.74) is 1.91. The van der Waals surface area contributed by atoms with Crippen molar-refractivity contribution in [3.8, 4) is 0 Å². The van der Waals surface area contributed by atoms with Crippen molar-refractivity contribution < 1.29 is 9.21 Å². The Bertz CT molecular complexity index is 647. The van der Waals surface area contributed by atoms with Gasteiger partial charge in [-0.1, -0.05) is 25.4 Å². The minimum Gasteiger partial charge on any atom is -0.445 e. The fraction of sp³-hybridized carbons (Fsp3) is 0.333. The van der Waals surface area contributed by atoms with Crippen molar-refractivity contribution in [2.45, 2.75) is 33.6 Å². The highest BCUT2D eigenvalue weighted by Crippen LogP contribution is 2.21. The van der Waals surface area contributed by atoms with E-state index in [-0.39, 0.29) is 11.8 Å². The average molecular weight is 293 g/mol. The first-order valence-electron chi connectivity index (χ1n) is 6.43. The number of anilines is 1. The van der Waals surface area contributed by atoms with Crippen molar-refractivity contribution in [3.05, 3.63) is 46.1 Å². The second-order valence-corrected chi connectivity index (χ2v) is 5.44. The Kier molecular flexibility index (Phi) is 4.14. The highest BCUT2D eigenvalue weighted by molar-refractivity contribution is 6.31. The van der Waals surface area contributed by atoms with Crippen molar-refractivity contribution in [2.75, 3.05) is 5.32 Å². The molecule has 0 aliphatic carbocycles. The summed E-state index contributed by atoms with van der Waals surface area (Å²) in [6.07, 6.45) is 0. The lowest BCUT2D eigenvalue weighted by Crippen LogP contribution is -2.13. The van der Waals surface area contributed by atoms with Crippen molar-refractivity contribution in [3.63, 3.8) is 0 Å². The Balaban J connectivity index is 2.21. The van der Waals surface area contributed by atoms with Gasteiger partial charge in [-0.3, -0.25) is 4.79 Å². The van der Waals surface area contributed by atoms with Crippen LogP contribution < -0.4 is 5.32 Å². The van der Waals surface area contributed by atoms with E-state index >= 15 is 0 Å². The summed E-state index contributed by atoms with van der Waals surface area (Å²) in [5.74, 6) is 0.963. The summed E-state index contributed by atoms with van der Waals surface area (Å²) in [6.45, 7) is 7.56. The molecule has 1 amide bonds. The zero-order chi connectivity index (χ0) is 14.9. The Labute approximate surface area is 123 Å². The van der Waals surface area contributed by atoms with Gasteiger partial charge < -0.3 is 9.73 Å². The van der Waals surface area contributed by atoms with Gasteiger partial charge in [-0.05, 0) is 37.6 Å². The number of amides is 1. The van der Waals surface area contributed by atoms with Gasteiger partial charge in [0.25, 0.3) is 5.91 Å². The monoisotopic (exact) mass is 292 g/mol. The summed E-state index contributed by atoms with van der Waals surface area (Å²) >= 11 is 5.96. The summed E-state index contributed by atoms with van der Waals surface area (Å²) < 4.78 is 5.48. The number of halogens is 1. The first kappa shape index (κ1) is 14.6. The number of nitrogens with zero attached hydrogens (tertiary/aromatic N) is 1. The van der Waals surface area contributed by atoms with Crippen LogP contribution in [0.25, 0.3) is 0 Å². The van der Waals surface area contributed by atoms with E-state index in [4.69, 9.17) is 16.0 Å². The maximum absolute atomic E-state index is 12.2. The number of carbonyl (C=O) groups excluding carboxylic acids is 1. The highest BCUT2D eigenvalue weighted by Gasteiger charge is 2.18. The molecule has 0 aliphatic heterocycles. The molecule has 1 aromatic heterocycles. The van der Waals surface area contributed by atoms with Gasteiger partial charge in [0.2, 0.25) is 0 Å². The number of hydrogen-bond donors (Lipinski definition) is 1. The molecule has 0 spiro atoms. The molecule has 0 aliphatic rings. The second-order valence-electron chi connectivity index (χ2n) is 5.03. The Morgan fingerprint density at radius 1 is 1.35 bits per heavy atom. The largest absolute Gasteiger partial charge is 0.445 e. The van der Waals surface area contributed by atoms with Crippen LogP contribution in [0.2, 0.25) is 5.02 Å². The number of hydrogen-bond acceptors (Lipinski definition) is 3. The molecular formula is C15H17ClN2O2. The third-order valence-corrected chi connectivity index (χ3v) is 3.36.